The SMILES string of the molecule is CCNCc1cc(Cl)ccc1N(C)CC1(O)CCCC1. The summed E-state index contributed by atoms with van der Waals surface area (Å²) < 4.78 is 0. The lowest BCUT2D eigenvalue weighted by atomic mass is 10.0. The molecule has 1 saturated carbocycles. The summed E-state index contributed by atoms with van der Waals surface area (Å²) in [6.45, 7) is 4.51. The van der Waals surface area contributed by atoms with Crippen molar-refractivity contribution in [3.8, 4) is 0 Å². The van der Waals surface area contributed by atoms with Gasteiger partial charge in [0, 0.05) is 30.8 Å². The number of rotatable bonds is 6. The summed E-state index contributed by atoms with van der Waals surface area (Å²) in [7, 11) is 2.05. The number of benzene rings is 1. The first-order valence-electron chi connectivity index (χ1n) is 7.47. The number of nitrogens with zero attached hydrogens (tertiary/aromatic N) is 1. The van der Waals surface area contributed by atoms with Gasteiger partial charge in [-0.3, -0.25) is 0 Å². The fourth-order valence-corrected chi connectivity index (χ4v) is 3.24. The van der Waals surface area contributed by atoms with Crippen molar-refractivity contribution >= 4 is 17.3 Å². The lowest BCUT2D eigenvalue weighted by Gasteiger charge is -2.31. The normalized spacial score (nSPS) is 17.4. The van der Waals surface area contributed by atoms with Gasteiger partial charge in [-0.05, 0) is 43.1 Å². The van der Waals surface area contributed by atoms with E-state index in [2.05, 4.69) is 24.2 Å². The third kappa shape index (κ3) is 3.87. The lowest BCUT2D eigenvalue weighted by Crippen LogP contribution is -2.39. The van der Waals surface area contributed by atoms with Crippen LogP contribution in [0.25, 0.3) is 0 Å². The minimum atomic E-state index is -0.524. The summed E-state index contributed by atoms with van der Waals surface area (Å²) in [5.74, 6) is 0. The van der Waals surface area contributed by atoms with Crippen LogP contribution in [0.3, 0.4) is 0 Å². The van der Waals surface area contributed by atoms with Crippen molar-refractivity contribution in [3.05, 3.63) is 28.8 Å². The number of anilines is 1. The van der Waals surface area contributed by atoms with Crippen LogP contribution in [0.5, 0.6) is 0 Å². The smallest absolute Gasteiger partial charge is 0.0821 e. The summed E-state index contributed by atoms with van der Waals surface area (Å²) in [6, 6.07) is 5.98. The molecule has 3 nitrogen and oxygen atoms in total. The highest BCUT2D eigenvalue weighted by Gasteiger charge is 2.32. The Morgan fingerprint density at radius 2 is 2.05 bits per heavy atom. The van der Waals surface area contributed by atoms with E-state index in [9.17, 15) is 5.11 Å². The van der Waals surface area contributed by atoms with E-state index >= 15 is 0 Å². The summed E-state index contributed by atoms with van der Waals surface area (Å²) in [6.07, 6.45) is 4.09. The predicted molar refractivity (Wildman–Crippen MR) is 85.5 cm³/mol. The first-order valence-corrected chi connectivity index (χ1v) is 7.84. The van der Waals surface area contributed by atoms with Crippen LogP contribution in [-0.4, -0.2) is 30.8 Å². The Labute approximate surface area is 126 Å². The van der Waals surface area contributed by atoms with Crippen LogP contribution in [0.2, 0.25) is 5.02 Å². The monoisotopic (exact) mass is 296 g/mol. The van der Waals surface area contributed by atoms with E-state index < -0.39 is 5.60 Å². The Balaban J connectivity index is 2.13. The van der Waals surface area contributed by atoms with E-state index in [1.807, 2.05) is 18.2 Å². The highest BCUT2D eigenvalue weighted by Crippen LogP contribution is 2.32. The molecule has 1 fully saturated rings. The summed E-state index contributed by atoms with van der Waals surface area (Å²) in [5, 5.41) is 14.7. The molecule has 0 heterocycles. The highest BCUT2D eigenvalue weighted by molar-refractivity contribution is 6.30. The molecule has 0 atom stereocenters. The first kappa shape index (κ1) is 15.6. The maximum absolute atomic E-state index is 10.6. The molecule has 0 saturated heterocycles. The second-order valence-electron chi connectivity index (χ2n) is 5.84. The van der Waals surface area contributed by atoms with E-state index in [1.54, 1.807) is 0 Å². The fourth-order valence-electron chi connectivity index (χ4n) is 3.05. The lowest BCUT2D eigenvalue weighted by molar-refractivity contribution is 0.0559. The van der Waals surface area contributed by atoms with Crippen molar-refractivity contribution in [2.24, 2.45) is 0 Å². The Hall–Kier alpha value is -0.770. The fraction of sp³-hybridized carbons (Fsp3) is 0.625. The Bertz CT molecular complexity index is 444. The third-order valence-corrected chi connectivity index (χ3v) is 4.32. The number of hydrogen-bond acceptors (Lipinski definition) is 3. The molecule has 1 aromatic rings. The molecule has 112 valence electrons. The number of nitrogens with one attached hydrogen (secondary N) is 1. The van der Waals surface area contributed by atoms with E-state index in [0.29, 0.717) is 6.54 Å². The number of hydrogen-bond donors (Lipinski definition) is 2. The van der Waals surface area contributed by atoms with Gasteiger partial charge >= 0.3 is 0 Å². The molecule has 0 aliphatic heterocycles. The molecule has 0 radical (unpaired) electrons. The molecule has 1 aromatic carbocycles. The van der Waals surface area contributed by atoms with Crippen molar-refractivity contribution in [3.63, 3.8) is 0 Å². The first-order chi connectivity index (χ1) is 9.54. The number of aliphatic hydroxyl groups is 1. The second kappa shape index (κ2) is 6.79. The van der Waals surface area contributed by atoms with Crippen LogP contribution < -0.4 is 10.2 Å². The van der Waals surface area contributed by atoms with Gasteiger partial charge in [0.1, 0.15) is 0 Å². The van der Waals surface area contributed by atoms with E-state index in [1.165, 1.54) is 5.56 Å². The van der Waals surface area contributed by atoms with Crippen molar-refractivity contribution in [2.75, 3.05) is 25.0 Å². The molecular weight excluding hydrogens is 272 g/mol. The Kier molecular flexibility index (Phi) is 5.30. The minimum absolute atomic E-state index is 0.524. The quantitative estimate of drug-likeness (QED) is 0.846. The van der Waals surface area contributed by atoms with Gasteiger partial charge in [0.2, 0.25) is 0 Å². The topological polar surface area (TPSA) is 35.5 Å². The van der Waals surface area contributed by atoms with Gasteiger partial charge in [0.25, 0.3) is 0 Å². The second-order valence-corrected chi connectivity index (χ2v) is 6.28. The molecule has 0 spiro atoms. The maximum atomic E-state index is 10.6. The van der Waals surface area contributed by atoms with Crippen LogP contribution in [0.4, 0.5) is 5.69 Å². The van der Waals surface area contributed by atoms with Crippen LogP contribution in [-0.2, 0) is 6.54 Å². The maximum Gasteiger partial charge on any atom is 0.0821 e. The van der Waals surface area contributed by atoms with Gasteiger partial charge in [-0.1, -0.05) is 31.4 Å². The molecule has 1 aliphatic carbocycles. The van der Waals surface area contributed by atoms with Gasteiger partial charge in [0.05, 0.1) is 5.60 Å². The van der Waals surface area contributed by atoms with E-state index in [4.69, 9.17) is 11.6 Å². The zero-order valence-corrected chi connectivity index (χ0v) is 13.2. The zero-order valence-electron chi connectivity index (χ0n) is 12.5. The average molecular weight is 297 g/mol. The molecule has 20 heavy (non-hydrogen) atoms. The summed E-state index contributed by atoms with van der Waals surface area (Å²) >= 11 is 6.10. The standard InChI is InChI=1S/C16H25ClN2O/c1-3-18-11-13-10-14(17)6-7-15(13)19(2)12-16(20)8-4-5-9-16/h6-7,10,18,20H,3-5,8-9,11-12H2,1-2H3. The summed E-state index contributed by atoms with van der Waals surface area (Å²) in [5.41, 5.74) is 1.81. The zero-order chi connectivity index (χ0) is 14.6. The van der Waals surface area contributed by atoms with Gasteiger partial charge in [0.15, 0.2) is 0 Å². The van der Waals surface area contributed by atoms with Gasteiger partial charge in [-0.2, -0.15) is 0 Å². The van der Waals surface area contributed by atoms with E-state index in [-0.39, 0.29) is 0 Å². The Morgan fingerprint density at radius 1 is 1.35 bits per heavy atom. The Morgan fingerprint density at radius 3 is 2.70 bits per heavy atom. The van der Waals surface area contributed by atoms with Gasteiger partial charge < -0.3 is 15.3 Å². The molecule has 0 amide bonds. The van der Waals surface area contributed by atoms with E-state index in [0.717, 1.165) is 49.5 Å². The third-order valence-electron chi connectivity index (χ3n) is 4.08. The van der Waals surface area contributed by atoms with Crippen molar-refractivity contribution in [2.45, 2.75) is 44.8 Å². The van der Waals surface area contributed by atoms with Crippen molar-refractivity contribution in [1.82, 2.24) is 5.32 Å². The molecule has 0 unspecified atom stereocenters. The largest absolute Gasteiger partial charge is 0.388 e. The predicted octanol–water partition coefficient (Wildman–Crippen LogP) is 3.19. The molecule has 1 aliphatic rings. The van der Waals surface area contributed by atoms with Crippen LogP contribution in [0.1, 0.15) is 38.2 Å². The summed E-state index contributed by atoms with van der Waals surface area (Å²) in [4.78, 5) is 2.16. The van der Waals surface area contributed by atoms with Crippen molar-refractivity contribution in [1.29, 1.82) is 0 Å². The molecular formula is C16H25ClN2O. The molecule has 0 aromatic heterocycles. The van der Waals surface area contributed by atoms with Crippen molar-refractivity contribution < 1.29 is 5.11 Å². The number of likely N-dealkylation sites (N-methyl/N-ethyl adjacent to an activating group) is 1. The van der Waals surface area contributed by atoms with Crippen LogP contribution in [0, 0.1) is 0 Å². The minimum Gasteiger partial charge on any atom is -0.388 e. The molecule has 2 N–H and O–H groups in total. The molecule has 4 heteroatoms. The molecule has 0 bridgehead atoms. The number of halogens is 1. The van der Waals surface area contributed by atoms with Crippen LogP contribution in [0.15, 0.2) is 18.2 Å². The van der Waals surface area contributed by atoms with Crippen LogP contribution >= 0.6 is 11.6 Å². The van der Waals surface area contributed by atoms with Gasteiger partial charge in [-0.15, -0.1) is 0 Å². The highest BCUT2D eigenvalue weighted by atomic mass is 35.5. The van der Waals surface area contributed by atoms with Gasteiger partial charge in [-0.25, -0.2) is 0 Å². The average Bonchev–Trinajstić information content (AvgIpc) is 2.82. The molecule has 2 rings (SSSR count).